The first-order chi connectivity index (χ1) is 12.3. The van der Waals surface area contributed by atoms with Gasteiger partial charge in [0.25, 0.3) is 0 Å². The summed E-state index contributed by atoms with van der Waals surface area (Å²) in [4.78, 5) is 4.71. The molecule has 1 aromatic carbocycles. The molecule has 1 saturated heterocycles. The Labute approximate surface area is 147 Å². The van der Waals surface area contributed by atoms with Crippen molar-refractivity contribution >= 4 is 5.82 Å². The summed E-state index contributed by atoms with van der Waals surface area (Å²) in [5.74, 6) is 1.85. The van der Waals surface area contributed by atoms with Crippen molar-refractivity contribution in [2.24, 2.45) is 0 Å². The summed E-state index contributed by atoms with van der Waals surface area (Å²) in [6.07, 6.45) is 1.81. The first-order valence-corrected chi connectivity index (χ1v) is 8.56. The molecule has 25 heavy (non-hydrogen) atoms. The highest BCUT2D eigenvalue weighted by atomic mass is 16.5. The van der Waals surface area contributed by atoms with Gasteiger partial charge in [0.2, 0.25) is 0 Å². The van der Waals surface area contributed by atoms with Gasteiger partial charge in [0.1, 0.15) is 5.76 Å². The molecule has 0 unspecified atom stereocenters. The average Bonchev–Trinajstić information content (AvgIpc) is 3.08. The van der Waals surface area contributed by atoms with Gasteiger partial charge >= 0.3 is 0 Å². The van der Waals surface area contributed by atoms with Crippen molar-refractivity contribution in [1.29, 1.82) is 0 Å². The fraction of sp³-hybridized carbons (Fsp3) is 0.316. The van der Waals surface area contributed by atoms with Crippen LogP contribution in [0.25, 0.3) is 11.3 Å². The van der Waals surface area contributed by atoms with Crippen molar-refractivity contribution in [3.05, 3.63) is 60.0 Å². The molecule has 0 saturated carbocycles. The van der Waals surface area contributed by atoms with Crippen LogP contribution in [0.2, 0.25) is 0 Å². The quantitative estimate of drug-likeness (QED) is 0.731. The van der Waals surface area contributed by atoms with E-state index in [4.69, 9.17) is 4.52 Å². The molecule has 0 radical (unpaired) electrons. The lowest BCUT2D eigenvalue weighted by molar-refractivity contribution is 0.247. The van der Waals surface area contributed by atoms with Crippen LogP contribution in [0.4, 0.5) is 5.82 Å². The topological polar surface area (TPSA) is 58.3 Å². The third-order valence-corrected chi connectivity index (χ3v) is 4.66. The van der Waals surface area contributed by atoms with Crippen LogP contribution in [0.3, 0.4) is 0 Å². The smallest absolute Gasteiger partial charge is 0.151 e. The molecule has 6 heteroatoms. The SMILES string of the molecule is Cc1oncc1CN1CCN(c2ccc(-c3ccccc3)nn2)CC1. The van der Waals surface area contributed by atoms with Gasteiger partial charge in [-0.2, -0.15) is 0 Å². The molecule has 0 bridgehead atoms. The van der Waals surface area contributed by atoms with Crippen LogP contribution >= 0.6 is 0 Å². The zero-order chi connectivity index (χ0) is 17.1. The number of aryl methyl sites for hydroxylation is 1. The standard InChI is InChI=1S/C19H21N5O/c1-15-17(13-20-25-15)14-23-9-11-24(12-10-23)19-8-7-18(21-22-19)16-5-3-2-4-6-16/h2-8,13H,9-12,14H2,1H3. The summed E-state index contributed by atoms with van der Waals surface area (Å²) in [7, 11) is 0. The fourth-order valence-electron chi connectivity index (χ4n) is 3.10. The molecule has 6 nitrogen and oxygen atoms in total. The van der Waals surface area contributed by atoms with Crippen molar-refractivity contribution in [2.45, 2.75) is 13.5 Å². The summed E-state index contributed by atoms with van der Waals surface area (Å²) in [6, 6.07) is 14.2. The van der Waals surface area contributed by atoms with Crippen molar-refractivity contribution in [2.75, 3.05) is 31.1 Å². The van der Waals surface area contributed by atoms with E-state index in [-0.39, 0.29) is 0 Å². The van der Waals surface area contributed by atoms with E-state index < -0.39 is 0 Å². The van der Waals surface area contributed by atoms with E-state index in [0.29, 0.717) is 0 Å². The molecule has 1 aliphatic rings. The van der Waals surface area contributed by atoms with Gasteiger partial charge in [0.05, 0.1) is 11.9 Å². The second-order valence-electron chi connectivity index (χ2n) is 6.31. The predicted molar refractivity (Wildman–Crippen MR) is 96.2 cm³/mol. The molecule has 2 aromatic heterocycles. The van der Waals surface area contributed by atoms with Crippen molar-refractivity contribution in [3.8, 4) is 11.3 Å². The zero-order valence-electron chi connectivity index (χ0n) is 14.3. The van der Waals surface area contributed by atoms with Crippen molar-refractivity contribution < 1.29 is 4.52 Å². The van der Waals surface area contributed by atoms with Crippen molar-refractivity contribution in [3.63, 3.8) is 0 Å². The first kappa shape index (κ1) is 15.8. The Hall–Kier alpha value is -2.73. The minimum Gasteiger partial charge on any atom is -0.361 e. The Morgan fingerprint density at radius 2 is 1.76 bits per heavy atom. The highest BCUT2D eigenvalue weighted by Crippen LogP contribution is 2.19. The van der Waals surface area contributed by atoms with Gasteiger partial charge < -0.3 is 9.42 Å². The predicted octanol–water partition coefficient (Wildman–Crippen LogP) is 2.76. The van der Waals surface area contributed by atoms with Crippen LogP contribution in [0.5, 0.6) is 0 Å². The van der Waals surface area contributed by atoms with E-state index in [1.165, 1.54) is 5.56 Å². The minimum atomic E-state index is 0.891. The maximum absolute atomic E-state index is 5.14. The Bertz CT molecular complexity index is 807. The highest BCUT2D eigenvalue weighted by Gasteiger charge is 2.19. The largest absolute Gasteiger partial charge is 0.361 e. The number of rotatable bonds is 4. The molecular weight excluding hydrogens is 314 g/mol. The van der Waals surface area contributed by atoms with E-state index >= 15 is 0 Å². The number of hydrogen-bond donors (Lipinski definition) is 0. The normalized spacial score (nSPS) is 15.5. The molecule has 3 aromatic rings. The fourth-order valence-corrected chi connectivity index (χ4v) is 3.10. The number of nitrogens with zero attached hydrogens (tertiary/aromatic N) is 5. The second-order valence-corrected chi connectivity index (χ2v) is 6.31. The molecule has 0 atom stereocenters. The lowest BCUT2D eigenvalue weighted by atomic mass is 10.1. The highest BCUT2D eigenvalue weighted by molar-refractivity contribution is 5.59. The molecule has 128 valence electrons. The Morgan fingerprint density at radius 3 is 2.40 bits per heavy atom. The molecule has 0 amide bonds. The average molecular weight is 335 g/mol. The monoisotopic (exact) mass is 335 g/mol. The van der Waals surface area contributed by atoms with Crippen LogP contribution in [-0.2, 0) is 6.54 Å². The lowest BCUT2D eigenvalue weighted by Crippen LogP contribution is -2.46. The first-order valence-electron chi connectivity index (χ1n) is 8.56. The number of piperazine rings is 1. The maximum atomic E-state index is 5.14. The van der Waals surface area contributed by atoms with Gasteiger partial charge in [-0.15, -0.1) is 10.2 Å². The molecule has 0 spiro atoms. The molecule has 1 aliphatic heterocycles. The molecule has 3 heterocycles. The molecular formula is C19H21N5O. The van der Waals surface area contributed by atoms with Gasteiger partial charge in [0, 0.05) is 43.9 Å². The third kappa shape index (κ3) is 3.53. The van der Waals surface area contributed by atoms with Gasteiger partial charge in [-0.3, -0.25) is 4.90 Å². The Morgan fingerprint density at radius 1 is 0.960 bits per heavy atom. The number of hydrogen-bond acceptors (Lipinski definition) is 6. The lowest BCUT2D eigenvalue weighted by Gasteiger charge is -2.35. The second kappa shape index (κ2) is 7.03. The van der Waals surface area contributed by atoms with Gasteiger partial charge in [-0.1, -0.05) is 35.5 Å². The number of aromatic nitrogens is 3. The number of benzene rings is 1. The molecule has 1 fully saturated rings. The van der Waals surface area contributed by atoms with Crippen LogP contribution in [0, 0.1) is 6.92 Å². The van der Waals surface area contributed by atoms with Crippen LogP contribution in [-0.4, -0.2) is 46.4 Å². The molecule has 0 aliphatic carbocycles. The van der Waals surface area contributed by atoms with E-state index in [1.54, 1.807) is 0 Å². The Kier molecular flexibility index (Phi) is 4.43. The zero-order valence-corrected chi connectivity index (χ0v) is 14.3. The van der Waals surface area contributed by atoms with Crippen LogP contribution < -0.4 is 4.90 Å². The maximum Gasteiger partial charge on any atom is 0.151 e. The molecule has 0 N–H and O–H groups in total. The van der Waals surface area contributed by atoms with Gasteiger partial charge in [-0.05, 0) is 19.1 Å². The number of anilines is 1. The summed E-state index contributed by atoms with van der Waals surface area (Å²) < 4.78 is 5.14. The third-order valence-electron chi connectivity index (χ3n) is 4.66. The van der Waals surface area contributed by atoms with E-state index in [9.17, 15) is 0 Å². The summed E-state index contributed by atoms with van der Waals surface area (Å²) in [5, 5.41) is 12.7. The van der Waals surface area contributed by atoms with Gasteiger partial charge in [-0.25, -0.2) is 0 Å². The summed E-state index contributed by atoms with van der Waals surface area (Å²) >= 11 is 0. The van der Waals surface area contributed by atoms with Crippen LogP contribution in [0.15, 0.2) is 53.2 Å². The summed E-state index contributed by atoms with van der Waals surface area (Å²) in [5.41, 5.74) is 3.17. The van der Waals surface area contributed by atoms with Gasteiger partial charge in [0.15, 0.2) is 5.82 Å². The van der Waals surface area contributed by atoms with E-state index in [0.717, 1.165) is 55.6 Å². The van der Waals surface area contributed by atoms with E-state index in [2.05, 4.69) is 43.4 Å². The molecule has 4 rings (SSSR count). The van der Waals surface area contributed by atoms with Crippen LogP contribution in [0.1, 0.15) is 11.3 Å². The minimum absolute atomic E-state index is 0.891. The van der Waals surface area contributed by atoms with Crippen molar-refractivity contribution in [1.82, 2.24) is 20.3 Å². The summed E-state index contributed by atoms with van der Waals surface area (Å²) in [6.45, 7) is 6.73. The van der Waals surface area contributed by atoms with E-state index in [1.807, 2.05) is 37.4 Å². The Balaban J connectivity index is 1.37.